The molecule has 0 fully saturated rings. The Morgan fingerprint density at radius 2 is 1.00 bits per heavy atom. The zero-order valence-corrected chi connectivity index (χ0v) is 26.3. The molecule has 3 aromatic heterocycles. The maximum absolute atomic E-state index is 8.68. The third kappa shape index (κ3) is 11.6. The van der Waals surface area contributed by atoms with Gasteiger partial charge in [0.05, 0.1) is 5.56 Å². The van der Waals surface area contributed by atoms with Gasteiger partial charge in [0.1, 0.15) is 6.07 Å². The number of rotatable bonds is 0. The molecule has 3 aromatic carbocycles. The van der Waals surface area contributed by atoms with E-state index in [1.54, 1.807) is 34.0 Å². The molecule has 6 aromatic rings. The fourth-order valence-corrected chi connectivity index (χ4v) is 5.34. The molecular formula is C32H36BrNS3. The Morgan fingerprint density at radius 3 is 1.43 bits per heavy atom. The van der Waals surface area contributed by atoms with Crippen molar-refractivity contribution in [1.82, 2.24) is 0 Å². The SMILES string of the molecule is CBr.CCC.CCC.N#Cc1csc2ccccc12.c1ccc2sccc2c1.c1ccc2sccc2c1. The predicted octanol–water partition coefficient (Wildman–Crippen LogP) is 12.4. The minimum atomic E-state index is 0.783. The molecule has 0 amide bonds. The van der Waals surface area contributed by atoms with E-state index in [1.165, 1.54) is 37.7 Å². The summed E-state index contributed by atoms with van der Waals surface area (Å²) in [6.07, 6.45) is 2.50. The first kappa shape index (κ1) is 32.5. The predicted molar refractivity (Wildman–Crippen MR) is 177 cm³/mol. The molecule has 5 heteroatoms. The van der Waals surface area contributed by atoms with Gasteiger partial charge in [-0.05, 0) is 57.7 Å². The van der Waals surface area contributed by atoms with Crippen LogP contribution in [-0.2, 0) is 0 Å². The molecule has 0 saturated heterocycles. The molecule has 0 bridgehead atoms. The second-order valence-electron chi connectivity index (χ2n) is 7.59. The molecule has 37 heavy (non-hydrogen) atoms. The van der Waals surface area contributed by atoms with Gasteiger partial charge in [-0.15, -0.1) is 34.0 Å². The van der Waals surface area contributed by atoms with E-state index in [2.05, 4.69) is 121 Å². The lowest BCUT2D eigenvalue weighted by molar-refractivity contribution is 1.09. The highest BCUT2D eigenvalue weighted by molar-refractivity contribution is 9.08. The second kappa shape index (κ2) is 20.6. The molecular weight excluding hydrogens is 574 g/mol. The maximum Gasteiger partial charge on any atom is 0.101 e. The Hall–Kier alpha value is -2.49. The normalized spacial score (nSPS) is 9.00. The topological polar surface area (TPSA) is 23.8 Å². The molecule has 3 heterocycles. The van der Waals surface area contributed by atoms with Crippen LogP contribution in [0.3, 0.4) is 0 Å². The van der Waals surface area contributed by atoms with Gasteiger partial charge in [0.25, 0.3) is 0 Å². The van der Waals surface area contributed by atoms with Crippen molar-refractivity contribution < 1.29 is 0 Å². The van der Waals surface area contributed by atoms with E-state index in [0.717, 1.165) is 10.9 Å². The van der Waals surface area contributed by atoms with Gasteiger partial charge in [0.2, 0.25) is 0 Å². The van der Waals surface area contributed by atoms with Crippen molar-refractivity contribution >= 4 is 80.2 Å². The van der Waals surface area contributed by atoms with E-state index >= 15 is 0 Å². The molecule has 0 aliphatic carbocycles. The van der Waals surface area contributed by atoms with E-state index < -0.39 is 0 Å². The summed E-state index contributed by atoms with van der Waals surface area (Å²) in [6, 6.07) is 31.2. The van der Waals surface area contributed by atoms with Crippen LogP contribution in [0, 0.1) is 11.3 Å². The summed E-state index contributed by atoms with van der Waals surface area (Å²) in [5.41, 5.74) is 0.783. The Bertz CT molecular complexity index is 1290. The van der Waals surface area contributed by atoms with Gasteiger partial charge in [0.15, 0.2) is 0 Å². The summed E-state index contributed by atoms with van der Waals surface area (Å²) in [6.45, 7) is 8.50. The first-order chi connectivity index (χ1) is 18.2. The van der Waals surface area contributed by atoms with Crippen LogP contribution in [0.2, 0.25) is 0 Å². The summed E-state index contributed by atoms with van der Waals surface area (Å²) in [4.78, 5) is 0. The monoisotopic (exact) mass is 609 g/mol. The van der Waals surface area contributed by atoms with E-state index in [4.69, 9.17) is 5.26 Å². The Labute approximate surface area is 243 Å². The average Bonchev–Trinajstić information content (AvgIpc) is 3.71. The highest BCUT2D eigenvalue weighted by Gasteiger charge is 1.99. The minimum absolute atomic E-state index is 0.783. The molecule has 0 radical (unpaired) electrons. The van der Waals surface area contributed by atoms with Crippen molar-refractivity contribution in [2.24, 2.45) is 0 Å². The Kier molecular flexibility index (Phi) is 18.1. The van der Waals surface area contributed by atoms with Crippen LogP contribution in [0.5, 0.6) is 0 Å². The number of fused-ring (bicyclic) bond motifs is 3. The summed E-state index contributed by atoms with van der Waals surface area (Å²) in [5, 5.41) is 18.6. The number of halogens is 1. The molecule has 0 spiro atoms. The molecule has 0 N–H and O–H groups in total. The van der Waals surface area contributed by atoms with E-state index in [9.17, 15) is 0 Å². The number of nitrogens with zero attached hydrogens (tertiary/aromatic N) is 1. The van der Waals surface area contributed by atoms with Crippen LogP contribution in [0.4, 0.5) is 0 Å². The summed E-state index contributed by atoms with van der Waals surface area (Å²) in [7, 11) is 0. The summed E-state index contributed by atoms with van der Waals surface area (Å²) < 4.78 is 3.93. The molecule has 0 saturated carbocycles. The minimum Gasteiger partial charge on any atom is -0.192 e. The lowest BCUT2D eigenvalue weighted by Crippen LogP contribution is -1.66. The number of hydrogen-bond acceptors (Lipinski definition) is 4. The molecule has 0 unspecified atom stereocenters. The summed E-state index contributed by atoms with van der Waals surface area (Å²) >= 11 is 8.13. The third-order valence-corrected chi connectivity index (χ3v) is 7.08. The number of benzene rings is 3. The van der Waals surface area contributed by atoms with Gasteiger partial charge in [-0.1, -0.05) is 111 Å². The van der Waals surface area contributed by atoms with Gasteiger partial charge < -0.3 is 0 Å². The summed E-state index contributed by atoms with van der Waals surface area (Å²) in [5.74, 6) is 1.81. The van der Waals surface area contributed by atoms with Crippen LogP contribution < -0.4 is 0 Å². The Morgan fingerprint density at radius 1 is 0.595 bits per heavy atom. The smallest absolute Gasteiger partial charge is 0.101 e. The standard InChI is InChI=1S/C9H5NS.2C8H6S.2C3H8.CH3Br/c10-5-7-6-11-9-4-2-1-3-8(7)9;2*1-2-4-8-7(3-1)5-6-9-8;2*1-3-2;1-2/h1-4,6H;2*1-6H;2*3H2,1-2H3;1H3. The fourth-order valence-electron chi connectivity index (χ4n) is 2.88. The molecule has 0 aliphatic heterocycles. The van der Waals surface area contributed by atoms with E-state index in [-0.39, 0.29) is 0 Å². The maximum atomic E-state index is 8.68. The van der Waals surface area contributed by atoms with Crippen molar-refractivity contribution in [3.05, 3.63) is 107 Å². The van der Waals surface area contributed by atoms with Gasteiger partial charge in [-0.3, -0.25) is 0 Å². The van der Waals surface area contributed by atoms with Crippen LogP contribution in [0.25, 0.3) is 30.3 Å². The van der Waals surface area contributed by atoms with Crippen LogP contribution in [0.15, 0.2) is 101 Å². The molecule has 194 valence electrons. The molecule has 6 rings (SSSR count). The lowest BCUT2D eigenvalue weighted by atomic mass is 10.2. The van der Waals surface area contributed by atoms with Crippen molar-refractivity contribution in [1.29, 1.82) is 5.26 Å². The van der Waals surface area contributed by atoms with Crippen LogP contribution >= 0.6 is 49.9 Å². The molecule has 1 nitrogen and oxygen atoms in total. The zero-order valence-electron chi connectivity index (χ0n) is 22.3. The van der Waals surface area contributed by atoms with Gasteiger partial charge in [0, 0.05) is 24.9 Å². The molecule has 0 aliphatic rings. The van der Waals surface area contributed by atoms with Crippen molar-refractivity contribution in [2.45, 2.75) is 40.5 Å². The first-order valence-electron chi connectivity index (χ1n) is 12.3. The zero-order chi connectivity index (χ0) is 27.3. The third-order valence-electron chi connectivity index (χ3n) is 4.32. The number of nitriles is 1. The molecule has 0 atom stereocenters. The lowest BCUT2D eigenvalue weighted by Gasteiger charge is -1.85. The van der Waals surface area contributed by atoms with Gasteiger partial charge in [-0.25, -0.2) is 0 Å². The number of thiophene rings is 3. The van der Waals surface area contributed by atoms with Gasteiger partial charge in [-0.2, -0.15) is 5.26 Å². The quantitative estimate of drug-likeness (QED) is 0.157. The van der Waals surface area contributed by atoms with Gasteiger partial charge >= 0.3 is 0 Å². The number of alkyl halides is 1. The van der Waals surface area contributed by atoms with Crippen molar-refractivity contribution in [3.8, 4) is 6.07 Å². The first-order valence-corrected chi connectivity index (χ1v) is 16.5. The van der Waals surface area contributed by atoms with E-state index in [1.807, 2.05) is 35.5 Å². The van der Waals surface area contributed by atoms with Crippen molar-refractivity contribution in [2.75, 3.05) is 5.83 Å². The van der Waals surface area contributed by atoms with Crippen molar-refractivity contribution in [3.63, 3.8) is 0 Å². The fraction of sp³-hybridized carbons (Fsp3) is 0.219. The number of hydrogen-bond donors (Lipinski definition) is 0. The Balaban J connectivity index is 0.000000245. The average molecular weight is 611 g/mol. The van der Waals surface area contributed by atoms with E-state index in [0.29, 0.717) is 0 Å². The van der Waals surface area contributed by atoms with Crippen LogP contribution in [0.1, 0.15) is 46.1 Å². The highest BCUT2D eigenvalue weighted by Crippen LogP contribution is 2.24. The second-order valence-corrected chi connectivity index (χ2v) is 10.4. The van der Waals surface area contributed by atoms with Crippen LogP contribution in [-0.4, -0.2) is 5.83 Å². The highest BCUT2D eigenvalue weighted by atomic mass is 79.9. The largest absolute Gasteiger partial charge is 0.192 e.